The molecule has 0 fully saturated rings. The quantitative estimate of drug-likeness (QED) is 0.812. The molecule has 0 aromatic heterocycles. The lowest BCUT2D eigenvalue weighted by atomic mass is 10.0. The molecular formula is C18H22BrNO. The van der Waals surface area contributed by atoms with Crippen molar-refractivity contribution in [1.82, 2.24) is 0 Å². The van der Waals surface area contributed by atoms with E-state index in [1.165, 1.54) is 11.1 Å². The van der Waals surface area contributed by atoms with Gasteiger partial charge in [-0.15, -0.1) is 0 Å². The molecule has 0 aliphatic rings. The third-order valence-electron chi connectivity index (χ3n) is 3.58. The fourth-order valence-electron chi connectivity index (χ4n) is 2.20. The van der Waals surface area contributed by atoms with E-state index in [4.69, 9.17) is 10.5 Å². The van der Waals surface area contributed by atoms with E-state index in [2.05, 4.69) is 48.8 Å². The first kappa shape index (κ1) is 16.1. The Kier molecular flexibility index (Phi) is 5.43. The number of hydrogen-bond acceptors (Lipinski definition) is 2. The highest BCUT2D eigenvalue weighted by atomic mass is 79.9. The summed E-state index contributed by atoms with van der Waals surface area (Å²) in [5.74, 6) is 1.75. The van der Waals surface area contributed by atoms with Gasteiger partial charge in [0, 0.05) is 10.5 Å². The molecule has 0 radical (unpaired) electrons. The Labute approximate surface area is 135 Å². The van der Waals surface area contributed by atoms with Crippen molar-refractivity contribution in [2.45, 2.75) is 39.7 Å². The summed E-state index contributed by atoms with van der Waals surface area (Å²) in [4.78, 5) is 0. The lowest BCUT2D eigenvalue weighted by molar-refractivity contribution is 0.471. The summed E-state index contributed by atoms with van der Waals surface area (Å²) in [6.45, 7) is 6.26. The monoisotopic (exact) mass is 347 g/mol. The maximum Gasteiger partial charge on any atom is 0.130 e. The van der Waals surface area contributed by atoms with Crippen molar-refractivity contribution in [1.29, 1.82) is 0 Å². The molecular weight excluding hydrogens is 326 g/mol. The minimum atomic E-state index is 0.167. The minimum absolute atomic E-state index is 0.167. The van der Waals surface area contributed by atoms with Crippen molar-refractivity contribution in [3.63, 3.8) is 0 Å². The number of aryl methyl sites for hydroxylation is 2. The van der Waals surface area contributed by atoms with Gasteiger partial charge in [-0.1, -0.05) is 40.5 Å². The zero-order valence-electron chi connectivity index (χ0n) is 12.8. The second kappa shape index (κ2) is 7.10. The fraction of sp³-hybridized carbons (Fsp3) is 0.333. The summed E-state index contributed by atoms with van der Waals surface area (Å²) in [6.07, 6.45) is 1.80. The van der Waals surface area contributed by atoms with Crippen molar-refractivity contribution in [2.75, 3.05) is 0 Å². The van der Waals surface area contributed by atoms with Gasteiger partial charge in [-0.2, -0.15) is 0 Å². The summed E-state index contributed by atoms with van der Waals surface area (Å²) in [5, 5.41) is 0. The summed E-state index contributed by atoms with van der Waals surface area (Å²) in [7, 11) is 0. The van der Waals surface area contributed by atoms with E-state index < -0.39 is 0 Å². The maximum absolute atomic E-state index is 6.10. The standard InChI is InChI=1S/C18H22BrNO/c1-4-15(20)11-14-9-12(2)5-8-18(14)21-16-6-7-17(19)13(3)10-16/h5-10,15H,4,11,20H2,1-3H3. The van der Waals surface area contributed by atoms with E-state index in [0.29, 0.717) is 0 Å². The first-order valence-corrected chi connectivity index (χ1v) is 8.08. The van der Waals surface area contributed by atoms with Crippen LogP contribution in [0.2, 0.25) is 0 Å². The molecule has 1 atom stereocenters. The molecule has 2 rings (SSSR count). The first-order valence-electron chi connectivity index (χ1n) is 7.28. The highest BCUT2D eigenvalue weighted by Gasteiger charge is 2.10. The fourth-order valence-corrected chi connectivity index (χ4v) is 2.45. The van der Waals surface area contributed by atoms with Gasteiger partial charge in [0.05, 0.1) is 0 Å². The molecule has 0 saturated carbocycles. The first-order chi connectivity index (χ1) is 9.99. The average Bonchev–Trinajstić information content (AvgIpc) is 2.45. The molecule has 0 heterocycles. The van der Waals surface area contributed by atoms with Crippen LogP contribution in [-0.2, 0) is 6.42 Å². The topological polar surface area (TPSA) is 35.2 Å². The largest absolute Gasteiger partial charge is 0.457 e. The number of benzene rings is 2. The molecule has 2 nitrogen and oxygen atoms in total. The van der Waals surface area contributed by atoms with Crippen molar-refractivity contribution >= 4 is 15.9 Å². The molecule has 0 amide bonds. The highest BCUT2D eigenvalue weighted by molar-refractivity contribution is 9.10. The molecule has 0 saturated heterocycles. The lowest BCUT2D eigenvalue weighted by Gasteiger charge is -2.15. The van der Waals surface area contributed by atoms with Crippen LogP contribution < -0.4 is 10.5 Å². The van der Waals surface area contributed by atoms with Gasteiger partial charge in [-0.05, 0) is 62.1 Å². The predicted molar refractivity (Wildman–Crippen MR) is 92.1 cm³/mol. The van der Waals surface area contributed by atoms with Gasteiger partial charge >= 0.3 is 0 Å². The van der Waals surface area contributed by atoms with Crippen molar-refractivity contribution in [3.8, 4) is 11.5 Å². The molecule has 2 aromatic carbocycles. The lowest BCUT2D eigenvalue weighted by Crippen LogP contribution is -2.21. The summed E-state index contributed by atoms with van der Waals surface area (Å²) >= 11 is 3.51. The smallest absolute Gasteiger partial charge is 0.130 e. The molecule has 0 aliphatic heterocycles. The number of hydrogen-bond donors (Lipinski definition) is 1. The number of rotatable bonds is 5. The van der Waals surface area contributed by atoms with Gasteiger partial charge in [0.1, 0.15) is 11.5 Å². The molecule has 0 aliphatic carbocycles. The number of ether oxygens (including phenoxy) is 1. The van der Waals surface area contributed by atoms with Crippen LogP contribution in [0, 0.1) is 13.8 Å². The van der Waals surface area contributed by atoms with E-state index in [9.17, 15) is 0 Å². The Balaban J connectivity index is 2.28. The Morgan fingerprint density at radius 2 is 1.90 bits per heavy atom. The van der Waals surface area contributed by atoms with E-state index in [0.717, 1.165) is 34.4 Å². The van der Waals surface area contributed by atoms with Gasteiger partial charge in [0.25, 0.3) is 0 Å². The Morgan fingerprint density at radius 1 is 1.14 bits per heavy atom. The van der Waals surface area contributed by atoms with Crippen LogP contribution in [0.5, 0.6) is 11.5 Å². The number of nitrogens with two attached hydrogens (primary N) is 1. The molecule has 3 heteroatoms. The SMILES string of the molecule is CCC(N)Cc1cc(C)ccc1Oc1ccc(Br)c(C)c1. The minimum Gasteiger partial charge on any atom is -0.457 e. The Morgan fingerprint density at radius 3 is 2.57 bits per heavy atom. The van der Waals surface area contributed by atoms with Crippen LogP contribution in [0.3, 0.4) is 0 Å². The van der Waals surface area contributed by atoms with Crippen LogP contribution in [0.25, 0.3) is 0 Å². The van der Waals surface area contributed by atoms with Crippen molar-refractivity contribution in [3.05, 3.63) is 57.6 Å². The van der Waals surface area contributed by atoms with Gasteiger partial charge < -0.3 is 10.5 Å². The van der Waals surface area contributed by atoms with Crippen LogP contribution >= 0.6 is 15.9 Å². The molecule has 21 heavy (non-hydrogen) atoms. The highest BCUT2D eigenvalue weighted by Crippen LogP contribution is 2.29. The Bertz CT molecular complexity index is 625. The summed E-state index contributed by atoms with van der Waals surface area (Å²) < 4.78 is 7.16. The van der Waals surface area contributed by atoms with Gasteiger partial charge in [-0.3, -0.25) is 0 Å². The van der Waals surface area contributed by atoms with Crippen LogP contribution in [0.1, 0.15) is 30.0 Å². The molecule has 0 bridgehead atoms. The predicted octanol–water partition coefficient (Wildman–Crippen LogP) is 5.14. The van der Waals surface area contributed by atoms with E-state index in [-0.39, 0.29) is 6.04 Å². The second-order valence-electron chi connectivity index (χ2n) is 5.50. The van der Waals surface area contributed by atoms with Crippen LogP contribution in [0.15, 0.2) is 40.9 Å². The van der Waals surface area contributed by atoms with Crippen LogP contribution in [0.4, 0.5) is 0 Å². The molecule has 2 N–H and O–H groups in total. The molecule has 2 aromatic rings. The zero-order chi connectivity index (χ0) is 15.4. The third kappa shape index (κ3) is 4.32. The van der Waals surface area contributed by atoms with Crippen LogP contribution in [-0.4, -0.2) is 6.04 Å². The summed E-state index contributed by atoms with van der Waals surface area (Å²) in [5.41, 5.74) is 9.66. The third-order valence-corrected chi connectivity index (χ3v) is 4.47. The second-order valence-corrected chi connectivity index (χ2v) is 6.35. The van der Waals surface area contributed by atoms with E-state index in [1.54, 1.807) is 0 Å². The van der Waals surface area contributed by atoms with Crippen molar-refractivity contribution in [2.24, 2.45) is 5.73 Å². The van der Waals surface area contributed by atoms with E-state index in [1.807, 2.05) is 24.3 Å². The van der Waals surface area contributed by atoms with Gasteiger partial charge in [0.2, 0.25) is 0 Å². The molecule has 112 valence electrons. The molecule has 1 unspecified atom stereocenters. The molecule has 0 spiro atoms. The average molecular weight is 348 g/mol. The van der Waals surface area contributed by atoms with Gasteiger partial charge in [-0.25, -0.2) is 0 Å². The Hall–Kier alpha value is -1.32. The normalized spacial score (nSPS) is 12.2. The van der Waals surface area contributed by atoms with Gasteiger partial charge in [0.15, 0.2) is 0 Å². The van der Waals surface area contributed by atoms with Crippen molar-refractivity contribution < 1.29 is 4.74 Å². The zero-order valence-corrected chi connectivity index (χ0v) is 14.4. The summed E-state index contributed by atoms with van der Waals surface area (Å²) in [6, 6.07) is 12.5. The van der Waals surface area contributed by atoms with E-state index >= 15 is 0 Å². The maximum atomic E-state index is 6.10. The number of halogens is 1.